The molecule has 5 nitrogen and oxygen atoms in total. The molecule has 1 aromatic carbocycles. The van der Waals surface area contributed by atoms with Crippen molar-refractivity contribution >= 4 is 22.8 Å². The van der Waals surface area contributed by atoms with Crippen LogP contribution in [0.4, 0.5) is 0 Å². The zero-order valence-corrected chi connectivity index (χ0v) is 13.9. The Hall–Kier alpha value is -2.65. The fraction of sp³-hybridized carbons (Fsp3) is 0.222. The molecule has 0 saturated carbocycles. The van der Waals surface area contributed by atoms with Gasteiger partial charge >= 0.3 is 0 Å². The Kier molecular flexibility index (Phi) is 3.58. The molecule has 118 valence electrons. The highest BCUT2D eigenvalue weighted by Gasteiger charge is 2.27. The second-order valence-corrected chi connectivity index (χ2v) is 6.51. The smallest absolute Gasteiger partial charge is 0.270 e. The van der Waals surface area contributed by atoms with Crippen molar-refractivity contribution in [3.63, 3.8) is 0 Å². The lowest BCUT2D eigenvalue weighted by molar-refractivity contribution is 0.573. The van der Waals surface area contributed by atoms with E-state index in [0.29, 0.717) is 16.2 Å². The standard InChI is InChI=1S/C18H14N4OS/c1-24-18-20-10-13-8-12(9-19)17(23)22(16(13)21-18)15-7-6-11-4-2-3-5-14(11)15/h2-5,8,10,15H,6-7H2,1H3. The van der Waals surface area contributed by atoms with Gasteiger partial charge in [-0.3, -0.25) is 9.36 Å². The number of thioether (sulfide) groups is 1. The van der Waals surface area contributed by atoms with Crippen LogP contribution in [-0.2, 0) is 6.42 Å². The normalized spacial score (nSPS) is 16.1. The largest absolute Gasteiger partial charge is 0.284 e. The lowest BCUT2D eigenvalue weighted by Crippen LogP contribution is -2.27. The van der Waals surface area contributed by atoms with Gasteiger partial charge in [0.2, 0.25) is 0 Å². The van der Waals surface area contributed by atoms with Crippen LogP contribution in [0.2, 0.25) is 0 Å². The van der Waals surface area contributed by atoms with Crippen LogP contribution in [0.15, 0.2) is 46.5 Å². The molecular formula is C18H14N4OS. The van der Waals surface area contributed by atoms with Gasteiger partial charge in [0.1, 0.15) is 17.3 Å². The van der Waals surface area contributed by atoms with Crippen LogP contribution in [-0.4, -0.2) is 20.8 Å². The van der Waals surface area contributed by atoms with E-state index >= 15 is 0 Å². The molecule has 1 aliphatic rings. The number of aromatic nitrogens is 3. The first-order valence-electron chi connectivity index (χ1n) is 7.67. The fourth-order valence-electron chi connectivity index (χ4n) is 3.37. The molecule has 0 fully saturated rings. The van der Waals surface area contributed by atoms with Gasteiger partial charge in [-0.15, -0.1) is 0 Å². The molecule has 1 aliphatic carbocycles. The van der Waals surface area contributed by atoms with E-state index in [4.69, 9.17) is 0 Å². The lowest BCUT2D eigenvalue weighted by atomic mass is 10.1. The molecule has 4 rings (SSSR count). The Bertz CT molecular complexity index is 1050. The molecule has 0 bridgehead atoms. The molecule has 6 heteroatoms. The summed E-state index contributed by atoms with van der Waals surface area (Å²) in [5.41, 5.74) is 2.84. The van der Waals surface area contributed by atoms with Crippen molar-refractivity contribution in [1.29, 1.82) is 5.26 Å². The highest BCUT2D eigenvalue weighted by molar-refractivity contribution is 7.98. The van der Waals surface area contributed by atoms with Crippen LogP contribution in [0, 0.1) is 11.3 Å². The Morgan fingerprint density at radius 1 is 1.38 bits per heavy atom. The molecule has 2 heterocycles. The monoisotopic (exact) mass is 334 g/mol. The first-order valence-corrected chi connectivity index (χ1v) is 8.89. The summed E-state index contributed by atoms with van der Waals surface area (Å²) in [4.78, 5) is 21.7. The van der Waals surface area contributed by atoms with Crippen LogP contribution in [0.3, 0.4) is 0 Å². The van der Waals surface area contributed by atoms with Crippen molar-refractivity contribution in [3.05, 3.63) is 63.6 Å². The number of hydrogen-bond acceptors (Lipinski definition) is 5. The summed E-state index contributed by atoms with van der Waals surface area (Å²) in [5.74, 6) is 0. The average molecular weight is 334 g/mol. The van der Waals surface area contributed by atoms with Gasteiger partial charge in [0.25, 0.3) is 5.56 Å². The van der Waals surface area contributed by atoms with Crippen molar-refractivity contribution in [2.45, 2.75) is 24.0 Å². The summed E-state index contributed by atoms with van der Waals surface area (Å²) in [5, 5.41) is 10.7. The average Bonchev–Trinajstić information content (AvgIpc) is 3.04. The van der Waals surface area contributed by atoms with Crippen LogP contribution in [0.1, 0.15) is 29.2 Å². The number of aryl methyl sites for hydroxylation is 1. The minimum atomic E-state index is -0.280. The Morgan fingerprint density at radius 2 is 2.21 bits per heavy atom. The Balaban J connectivity index is 2.05. The molecule has 24 heavy (non-hydrogen) atoms. The summed E-state index contributed by atoms with van der Waals surface area (Å²) in [7, 11) is 0. The third-order valence-corrected chi connectivity index (χ3v) is 5.03. The topological polar surface area (TPSA) is 71.6 Å². The minimum absolute atomic E-state index is 0.0888. The highest BCUT2D eigenvalue weighted by Crippen LogP contribution is 2.34. The van der Waals surface area contributed by atoms with Gasteiger partial charge in [0.05, 0.1) is 6.04 Å². The maximum atomic E-state index is 12.9. The minimum Gasteiger partial charge on any atom is -0.284 e. The summed E-state index contributed by atoms with van der Waals surface area (Å²) < 4.78 is 1.68. The van der Waals surface area contributed by atoms with E-state index in [9.17, 15) is 10.1 Å². The molecule has 1 unspecified atom stereocenters. The van der Waals surface area contributed by atoms with Gasteiger partial charge < -0.3 is 0 Å². The molecule has 0 aliphatic heterocycles. The maximum Gasteiger partial charge on any atom is 0.270 e. The molecule has 0 amide bonds. The van der Waals surface area contributed by atoms with Gasteiger partial charge in [0, 0.05) is 11.6 Å². The van der Waals surface area contributed by atoms with Crippen molar-refractivity contribution in [2.75, 3.05) is 6.26 Å². The first kappa shape index (κ1) is 14.9. The zero-order valence-electron chi connectivity index (χ0n) is 13.1. The molecule has 0 spiro atoms. The predicted octanol–water partition coefficient (Wildman–Crippen LogP) is 2.92. The summed E-state index contributed by atoms with van der Waals surface area (Å²) in [6, 6.07) is 11.7. The summed E-state index contributed by atoms with van der Waals surface area (Å²) in [6.07, 6.45) is 5.35. The second kappa shape index (κ2) is 5.77. The number of pyridine rings is 1. The number of rotatable bonds is 2. The van der Waals surface area contributed by atoms with Crippen LogP contribution in [0.5, 0.6) is 0 Å². The highest BCUT2D eigenvalue weighted by atomic mass is 32.2. The van der Waals surface area contributed by atoms with E-state index in [1.54, 1.807) is 16.8 Å². The zero-order chi connectivity index (χ0) is 16.7. The number of nitrogens with zero attached hydrogens (tertiary/aromatic N) is 4. The lowest BCUT2D eigenvalue weighted by Gasteiger charge is -2.18. The van der Waals surface area contributed by atoms with Crippen LogP contribution < -0.4 is 5.56 Å². The van der Waals surface area contributed by atoms with Gasteiger partial charge in [0.15, 0.2) is 5.16 Å². The van der Waals surface area contributed by atoms with Crippen molar-refractivity contribution in [3.8, 4) is 6.07 Å². The van der Waals surface area contributed by atoms with Gasteiger partial charge in [-0.25, -0.2) is 9.97 Å². The number of hydrogen-bond donors (Lipinski definition) is 0. The van der Waals surface area contributed by atoms with E-state index in [1.807, 2.05) is 24.5 Å². The maximum absolute atomic E-state index is 12.9. The predicted molar refractivity (Wildman–Crippen MR) is 93.2 cm³/mol. The van der Waals surface area contributed by atoms with Gasteiger partial charge in [-0.05, 0) is 36.3 Å². The molecule has 2 aromatic heterocycles. The number of fused-ring (bicyclic) bond motifs is 2. The van der Waals surface area contributed by atoms with E-state index in [0.717, 1.165) is 18.4 Å². The van der Waals surface area contributed by atoms with Gasteiger partial charge in [-0.2, -0.15) is 5.26 Å². The number of benzene rings is 1. The van der Waals surface area contributed by atoms with Crippen LogP contribution in [0.25, 0.3) is 11.0 Å². The SMILES string of the molecule is CSc1ncc2cc(C#N)c(=O)n(C3CCc4ccccc43)c2n1. The first-order chi connectivity index (χ1) is 11.7. The summed E-state index contributed by atoms with van der Waals surface area (Å²) in [6.45, 7) is 0. The molecule has 0 N–H and O–H groups in total. The Labute approximate surface area is 143 Å². The van der Waals surface area contributed by atoms with E-state index in [-0.39, 0.29) is 17.2 Å². The van der Waals surface area contributed by atoms with E-state index in [2.05, 4.69) is 22.1 Å². The van der Waals surface area contributed by atoms with E-state index < -0.39 is 0 Å². The molecule has 3 aromatic rings. The Morgan fingerprint density at radius 3 is 3.00 bits per heavy atom. The molecular weight excluding hydrogens is 320 g/mol. The quantitative estimate of drug-likeness (QED) is 0.532. The van der Waals surface area contributed by atoms with Gasteiger partial charge in [-0.1, -0.05) is 36.0 Å². The van der Waals surface area contributed by atoms with Crippen molar-refractivity contribution in [1.82, 2.24) is 14.5 Å². The molecule has 1 atom stereocenters. The number of nitriles is 1. The van der Waals surface area contributed by atoms with Crippen molar-refractivity contribution in [2.24, 2.45) is 0 Å². The third kappa shape index (κ3) is 2.21. The molecule has 0 radical (unpaired) electrons. The fourth-order valence-corrected chi connectivity index (χ4v) is 3.71. The molecule has 0 saturated heterocycles. The van der Waals surface area contributed by atoms with Crippen LogP contribution >= 0.6 is 11.8 Å². The summed E-state index contributed by atoms with van der Waals surface area (Å²) >= 11 is 1.43. The second-order valence-electron chi connectivity index (χ2n) is 5.73. The van der Waals surface area contributed by atoms with E-state index in [1.165, 1.54) is 17.3 Å². The third-order valence-electron chi connectivity index (χ3n) is 4.47. The van der Waals surface area contributed by atoms with Crippen molar-refractivity contribution < 1.29 is 0 Å².